The van der Waals surface area contributed by atoms with Crippen molar-refractivity contribution >= 4 is 0 Å². The Hall–Kier alpha value is -1.96. The van der Waals surface area contributed by atoms with Crippen LogP contribution < -0.4 is 9.47 Å². The van der Waals surface area contributed by atoms with Crippen LogP contribution in [0.3, 0.4) is 0 Å². The summed E-state index contributed by atoms with van der Waals surface area (Å²) in [5, 5.41) is 0. The second kappa shape index (κ2) is 6.28. The predicted molar refractivity (Wildman–Crippen MR) is 78.1 cm³/mol. The van der Waals surface area contributed by atoms with E-state index in [1.807, 2.05) is 24.3 Å². The van der Waals surface area contributed by atoms with Crippen LogP contribution in [-0.4, -0.2) is 14.2 Å². The number of hydrogen-bond acceptors (Lipinski definition) is 2. The van der Waals surface area contributed by atoms with Crippen molar-refractivity contribution in [2.45, 2.75) is 19.3 Å². The Morgan fingerprint density at radius 1 is 0.737 bits per heavy atom. The molecule has 19 heavy (non-hydrogen) atoms. The molecule has 0 N–H and O–H groups in total. The van der Waals surface area contributed by atoms with Crippen LogP contribution >= 0.6 is 0 Å². The fourth-order valence-electron chi connectivity index (χ4n) is 2.34. The fraction of sp³-hybridized carbons (Fsp3) is 0.294. The van der Waals surface area contributed by atoms with Gasteiger partial charge < -0.3 is 9.47 Å². The molecule has 0 radical (unpaired) electrons. The van der Waals surface area contributed by atoms with E-state index in [-0.39, 0.29) is 0 Å². The average molecular weight is 256 g/mol. The van der Waals surface area contributed by atoms with Crippen molar-refractivity contribution in [2.24, 2.45) is 0 Å². The maximum Gasteiger partial charge on any atom is 0.118 e. The van der Waals surface area contributed by atoms with Gasteiger partial charge in [-0.05, 0) is 41.8 Å². The van der Waals surface area contributed by atoms with E-state index in [9.17, 15) is 0 Å². The fourth-order valence-corrected chi connectivity index (χ4v) is 2.34. The lowest BCUT2D eigenvalue weighted by Crippen LogP contribution is -1.99. The summed E-state index contributed by atoms with van der Waals surface area (Å²) < 4.78 is 10.4. The molecule has 2 nitrogen and oxygen atoms in total. The molecule has 0 aliphatic carbocycles. The van der Waals surface area contributed by atoms with Gasteiger partial charge in [0.1, 0.15) is 11.5 Å². The molecule has 2 rings (SSSR count). The lowest BCUT2D eigenvalue weighted by Gasteiger charge is -2.16. The molecule has 0 fully saturated rings. The van der Waals surface area contributed by atoms with Crippen LogP contribution in [0.2, 0.25) is 0 Å². The summed E-state index contributed by atoms with van der Waals surface area (Å²) in [4.78, 5) is 0. The molecule has 0 heterocycles. The zero-order chi connectivity index (χ0) is 13.7. The molecule has 2 aromatic carbocycles. The quantitative estimate of drug-likeness (QED) is 0.796. The van der Waals surface area contributed by atoms with Crippen LogP contribution in [0.15, 0.2) is 48.5 Å². The molecule has 0 aromatic heterocycles. The third-order valence-electron chi connectivity index (χ3n) is 3.44. The number of rotatable bonds is 5. The Labute approximate surface area is 115 Å². The number of ether oxygens (including phenoxy) is 2. The minimum absolute atomic E-state index is 0.414. The Kier molecular flexibility index (Phi) is 4.45. The second-order valence-electron chi connectivity index (χ2n) is 4.51. The van der Waals surface area contributed by atoms with E-state index in [2.05, 4.69) is 31.2 Å². The maximum atomic E-state index is 5.20. The molecule has 0 bridgehead atoms. The summed E-state index contributed by atoms with van der Waals surface area (Å²) in [6.07, 6.45) is 1.07. The van der Waals surface area contributed by atoms with Crippen molar-refractivity contribution < 1.29 is 9.47 Å². The van der Waals surface area contributed by atoms with Crippen LogP contribution in [-0.2, 0) is 0 Å². The molecular formula is C17H20O2. The van der Waals surface area contributed by atoms with E-state index in [4.69, 9.17) is 9.47 Å². The third kappa shape index (κ3) is 3.08. The van der Waals surface area contributed by atoms with Crippen LogP contribution in [0, 0.1) is 0 Å². The van der Waals surface area contributed by atoms with Gasteiger partial charge in [0, 0.05) is 5.92 Å². The highest BCUT2D eigenvalue weighted by Gasteiger charge is 2.12. The molecule has 0 atom stereocenters. The van der Waals surface area contributed by atoms with Gasteiger partial charge in [-0.25, -0.2) is 0 Å². The summed E-state index contributed by atoms with van der Waals surface area (Å²) in [6.45, 7) is 2.21. The van der Waals surface area contributed by atoms with Crippen molar-refractivity contribution in [1.82, 2.24) is 0 Å². The molecule has 0 saturated carbocycles. The first kappa shape index (κ1) is 13.5. The normalized spacial score (nSPS) is 10.5. The molecule has 0 aliphatic rings. The lowest BCUT2D eigenvalue weighted by atomic mass is 9.89. The Morgan fingerprint density at radius 3 is 1.37 bits per heavy atom. The number of benzene rings is 2. The SMILES string of the molecule is CCC(c1ccc(OC)cc1)c1ccc(OC)cc1. The van der Waals surface area contributed by atoms with Gasteiger partial charge in [-0.3, -0.25) is 0 Å². The molecule has 0 saturated heterocycles. The Bertz CT molecular complexity index is 452. The summed E-state index contributed by atoms with van der Waals surface area (Å²) >= 11 is 0. The largest absolute Gasteiger partial charge is 0.497 e. The first-order chi connectivity index (χ1) is 9.28. The van der Waals surface area contributed by atoms with E-state index < -0.39 is 0 Å². The van der Waals surface area contributed by atoms with Gasteiger partial charge in [-0.15, -0.1) is 0 Å². The topological polar surface area (TPSA) is 18.5 Å². The van der Waals surface area contributed by atoms with E-state index in [0.29, 0.717) is 5.92 Å². The first-order valence-corrected chi connectivity index (χ1v) is 6.56. The second-order valence-corrected chi connectivity index (χ2v) is 4.51. The van der Waals surface area contributed by atoms with Crippen LogP contribution in [0.1, 0.15) is 30.4 Å². The summed E-state index contributed by atoms with van der Waals surface area (Å²) in [6, 6.07) is 16.6. The highest BCUT2D eigenvalue weighted by molar-refractivity contribution is 5.38. The monoisotopic (exact) mass is 256 g/mol. The van der Waals surface area contributed by atoms with Gasteiger partial charge >= 0.3 is 0 Å². The van der Waals surface area contributed by atoms with Crippen LogP contribution in [0.25, 0.3) is 0 Å². The molecule has 0 unspecified atom stereocenters. The van der Waals surface area contributed by atoms with Crippen molar-refractivity contribution in [3.05, 3.63) is 59.7 Å². The number of hydrogen-bond donors (Lipinski definition) is 0. The molecule has 2 heteroatoms. The maximum absolute atomic E-state index is 5.20. The first-order valence-electron chi connectivity index (χ1n) is 6.56. The van der Waals surface area contributed by atoms with Crippen molar-refractivity contribution in [1.29, 1.82) is 0 Å². The predicted octanol–water partition coefficient (Wildman–Crippen LogP) is 4.25. The molecule has 100 valence electrons. The van der Waals surface area contributed by atoms with E-state index in [1.165, 1.54) is 11.1 Å². The number of methoxy groups -OCH3 is 2. The van der Waals surface area contributed by atoms with Crippen LogP contribution in [0.5, 0.6) is 11.5 Å². The summed E-state index contributed by atoms with van der Waals surface area (Å²) in [7, 11) is 3.38. The molecule has 0 amide bonds. The third-order valence-corrected chi connectivity index (χ3v) is 3.44. The molecular weight excluding hydrogens is 236 g/mol. The van der Waals surface area contributed by atoms with E-state index in [0.717, 1.165) is 17.9 Å². The van der Waals surface area contributed by atoms with Crippen LogP contribution in [0.4, 0.5) is 0 Å². The Balaban J connectivity index is 2.26. The summed E-state index contributed by atoms with van der Waals surface area (Å²) in [5.41, 5.74) is 2.63. The zero-order valence-corrected chi connectivity index (χ0v) is 11.7. The van der Waals surface area contributed by atoms with E-state index >= 15 is 0 Å². The van der Waals surface area contributed by atoms with Gasteiger partial charge in [0.15, 0.2) is 0 Å². The van der Waals surface area contributed by atoms with Crippen molar-refractivity contribution in [3.8, 4) is 11.5 Å². The highest BCUT2D eigenvalue weighted by atomic mass is 16.5. The summed E-state index contributed by atoms with van der Waals surface area (Å²) in [5.74, 6) is 2.21. The van der Waals surface area contributed by atoms with Gasteiger partial charge in [0.05, 0.1) is 14.2 Å². The molecule has 0 aliphatic heterocycles. The van der Waals surface area contributed by atoms with Gasteiger partial charge in [-0.1, -0.05) is 31.2 Å². The van der Waals surface area contributed by atoms with Crippen molar-refractivity contribution in [3.63, 3.8) is 0 Å². The zero-order valence-electron chi connectivity index (χ0n) is 11.7. The minimum Gasteiger partial charge on any atom is -0.497 e. The van der Waals surface area contributed by atoms with Gasteiger partial charge in [-0.2, -0.15) is 0 Å². The van der Waals surface area contributed by atoms with Gasteiger partial charge in [0.25, 0.3) is 0 Å². The smallest absolute Gasteiger partial charge is 0.118 e. The van der Waals surface area contributed by atoms with Crippen molar-refractivity contribution in [2.75, 3.05) is 14.2 Å². The van der Waals surface area contributed by atoms with Gasteiger partial charge in [0.2, 0.25) is 0 Å². The Morgan fingerprint density at radius 2 is 1.11 bits per heavy atom. The highest BCUT2D eigenvalue weighted by Crippen LogP contribution is 2.30. The minimum atomic E-state index is 0.414. The van der Waals surface area contributed by atoms with E-state index in [1.54, 1.807) is 14.2 Å². The standard InChI is InChI=1S/C17H20O2/c1-4-17(13-5-9-15(18-2)10-6-13)14-7-11-16(19-3)12-8-14/h5-12,17H,4H2,1-3H3. The molecule has 0 spiro atoms. The lowest BCUT2D eigenvalue weighted by molar-refractivity contribution is 0.414. The molecule has 2 aromatic rings. The average Bonchev–Trinajstić information content (AvgIpc) is 2.49.